The number of carbonyl (C=O) groups excluding carboxylic acids is 2. The van der Waals surface area contributed by atoms with Crippen molar-refractivity contribution in [3.8, 4) is 0 Å². The van der Waals surface area contributed by atoms with Crippen LogP contribution in [0.15, 0.2) is 0 Å². The summed E-state index contributed by atoms with van der Waals surface area (Å²) in [5.74, 6) is 0.0640. The Balaban J connectivity index is 0.00000242. The van der Waals surface area contributed by atoms with Gasteiger partial charge in [-0.3, -0.25) is 9.59 Å². The van der Waals surface area contributed by atoms with Crippen molar-refractivity contribution in [3.05, 3.63) is 0 Å². The monoisotopic (exact) mass is 368 g/mol. The minimum Gasteiger partial charge on any atom is -0.341 e. The Kier molecular flexibility index (Phi) is 10.1. The molecule has 2 saturated heterocycles. The summed E-state index contributed by atoms with van der Waals surface area (Å²) >= 11 is 0. The standard InChI is InChI=1S/C15H28N4O2.2ClH/c1-17(2)7-8-18-11-12(9-14(18)20)15(21)19-6-4-3-5-13(19)10-16;;/h12-13H,3-11,16H2,1-2H3;2*1H. The van der Waals surface area contributed by atoms with Crippen molar-refractivity contribution in [3.63, 3.8) is 0 Å². The van der Waals surface area contributed by atoms with Crippen LogP contribution in [0.25, 0.3) is 0 Å². The normalized spacial score (nSPS) is 24.4. The first-order chi connectivity index (χ1) is 10.0. The van der Waals surface area contributed by atoms with E-state index < -0.39 is 0 Å². The highest BCUT2D eigenvalue weighted by Crippen LogP contribution is 2.24. The summed E-state index contributed by atoms with van der Waals surface area (Å²) in [6.07, 6.45) is 3.55. The van der Waals surface area contributed by atoms with E-state index in [1.165, 1.54) is 0 Å². The fraction of sp³-hybridized carbons (Fsp3) is 0.867. The van der Waals surface area contributed by atoms with E-state index >= 15 is 0 Å². The van der Waals surface area contributed by atoms with Crippen LogP contribution in [-0.2, 0) is 9.59 Å². The van der Waals surface area contributed by atoms with E-state index in [2.05, 4.69) is 4.90 Å². The van der Waals surface area contributed by atoms with Gasteiger partial charge in [0.2, 0.25) is 11.8 Å². The largest absolute Gasteiger partial charge is 0.341 e. The van der Waals surface area contributed by atoms with Crippen LogP contribution in [0, 0.1) is 5.92 Å². The second-order valence-electron chi connectivity index (χ2n) is 6.46. The number of likely N-dealkylation sites (N-methyl/N-ethyl adjacent to an activating group) is 1. The Labute approximate surface area is 151 Å². The van der Waals surface area contributed by atoms with Gasteiger partial charge in [0.25, 0.3) is 0 Å². The topological polar surface area (TPSA) is 69.9 Å². The van der Waals surface area contributed by atoms with Gasteiger partial charge in [-0.2, -0.15) is 0 Å². The van der Waals surface area contributed by atoms with E-state index in [-0.39, 0.29) is 48.6 Å². The van der Waals surface area contributed by atoms with Crippen molar-refractivity contribution in [1.82, 2.24) is 14.7 Å². The average molecular weight is 369 g/mol. The van der Waals surface area contributed by atoms with Gasteiger partial charge in [-0.15, -0.1) is 24.8 Å². The van der Waals surface area contributed by atoms with Crippen LogP contribution in [0.2, 0.25) is 0 Å². The molecule has 2 aliphatic heterocycles. The lowest BCUT2D eigenvalue weighted by molar-refractivity contribution is -0.139. The van der Waals surface area contributed by atoms with Gasteiger partial charge in [-0.1, -0.05) is 0 Å². The van der Waals surface area contributed by atoms with E-state index in [9.17, 15) is 9.59 Å². The number of halogens is 2. The molecule has 6 nitrogen and oxygen atoms in total. The number of amides is 2. The highest BCUT2D eigenvalue weighted by Gasteiger charge is 2.38. The predicted molar refractivity (Wildman–Crippen MR) is 96.1 cm³/mol. The summed E-state index contributed by atoms with van der Waals surface area (Å²) in [5, 5.41) is 0. The molecule has 2 N–H and O–H groups in total. The first kappa shape index (κ1) is 22.4. The highest BCUT2D eigenvalue weighted by atomic mass is 35.5. The van der Waals surface area contributed by atoms with Gasteiger partial charge in [-0.05, 0) is 33.4 Å². The number of nitrogens with two attached hydrogens (primary N) is 1. The maximum atomic E-state index is 12.7. The molecule has 2 rings (SSSR count). The van der Waals surface area contributed by atoms with Crippen LogP contribution < -0.4 is 5.73 Å². The number of likely N-dealkylation sites (tertiary alicyclic amines) is 2. The van der Waals surface area contributed by atoms with Gasteiger partial charge in [0.15, 0.2) is 0 Å². The summed E-state index contributed by atoms with van der Waals surface area (Å²) in [4.78, 5) is 30.5. The number of piperidine rings is 1. The lowest BCUT2D eigenvalue weighted by atomic mass is 9.98. The molecule has 136 valence electrons. The molecular formula is C15H30Cl2N4O2. The third kappa shape index (κ3) is 5.78. The summed E-state index contributed by atoms with van der Waals surface area (Å²) in [5.41, 5.74) is 5.79. The average Bonchev–Trinajstić information content (AvgIpc) is 2.85. The Morgan fingerprint density at radius 3 is 2.61 bits per heavy atom. The van der Waals surface area contributed by atoms with Gasteiger partial charge in [-0.25, -0.2) is 0 Å². The Bertz CT molecular complexity index is 396. The molecular weight excluding hydrogens is 339 g/mol. The van der Waals surface area contributed by atoms with Gasteiger partial charge in [0.05, 0.1) is 5.92 Å². The number of rotatable bonds is 5. The second-order valence-corrected chi connectivity index (χ2v) is 6.46. The fourth-order valence-electron chi connectivity index (χ4n) is 3.24. The summed E-state index contributed by atoms with van der Waals surface area (Å²) in [7, 11) is 3.98. The summed E-state index contributed by atoms with van der Waals surface area (Å²) in [6.45, 7) is 3.43. The zero-order valence-electron chi connectivity index (χ0n) is 14.1. The maximum absolute atomic E-state index is 12.7. The molecule has 2 amide bonds. The van der Waals surface area contributed by atoms with Crippen molar-refractivity contribution in [2.45, 2.75) is 31.7 Å². The molecule has 0 aromatic heterocycles. The van der Waals surface area contributed by atoms with Crippen molar-refractivity contribution in [1.29, 1.82) is 0 Å². The Morgan fingerprint density at radius 2 is 2.00 bits per heavy atom. The molecule has 0 radical (unpaired) electrons. The van der Waals surface area contributed by atoms with Gasteiger partial charge in [0, 0.05) is 45.2 Å². The third-order valence-corrected chi connectivity index (χ3v) is 4.56. The predicted octanol–water partition coefficient (Wildman–Crippen LogP) is 0.580. The highest BCUT2D eigenvalue weighted by molar-refractivity contribution is 5.89. The lowest BCUT2D eigenvalue weighted by Gasteiger charge is -2.36. The summed E-state index contributed by atoms with van der Waals surface area (Å²) in [6, 6.07) is 0.164. The summed E-state index contributed by atoms with van der Waals surface area (Å²) < 4.78 is 0. The van der Waals surface area contributed by atoms with Crippen LogP contribution in [0.5, 0.6) is 0 Å². The Morgan fingerprint density at radius 1 is 1.30 bits per heavy atom. The van der Waals surface area contributed by atoms with E-state index in [0.29, 0.717) is 26.1 Å². The van der Waals surface area contributed by atoms with Crippen LogP contribution in [-0.4, -0.2) is 79.4 Å². The van der Waals surface area contributed by atoms with Gasteiger partial charge >= 0.3 is 0 Å². The first-order valence-electron chi connectivity index (χ1n) is 7.96. The number of hydrogen-bond donors (Lipinski definition) is 1. The molecule has 2 fully saturated rings. The molecule has 23 heavy (non-hydrogen) atoms. The van der Waals surface area contributed by atoms with E-state index in [4.69, 9.17) is 5.73 Å². The molecule has 0 spiro atoms. The molecule has 0 saturated carbocycles. The number of carbonyl (C=O) groups is 2. The van der Waals surface area contributed by atoms with Gasteiger partial charge < -0.3 is 20.4 Å². The van der Waals surface area contributed by atoms with Crippen LogP contribution >= 0.6 is 24.8 Å². The van der Waals surface area contributed by atoms with E-state index in [1.807, 2.05) is 23.9 Å². The molecule has 2 atom stereocenters. The molecule has 0 aliphatic carbocycles. The molecule has 8 heteroatoms. The van der Waals surface area contributed by atoms with Crippen LogP contribution in [0.1, 0.15) is 25.7 Å². The molecule has 2 heterocycles. The zero-order valence-corrected chi connectivity index (χ0v) is 15.7. The molecule has 2 aliphatic rings. The molecule has 0 aromatic rings. The van der Waals surface area contributed by atoms with Crippen LogP contribution in [0.3, 0.4) is 0 Å². The van der Waals surface area contributed by atoms with Crippen LogP contribution in [0.4, 0.5) is 0 Å². The maximum Gasteiger partial charge on any atom is 0.228 e. The third-order valence-electron chi connectivity index (χ3n) is 4.56. The lowest BCUT2D eigenvalue weighted by Crippen LogP contribution is -2.50. The van der Waals surface area contributed by atoms with E-state index in [0.717, 1.165) is 32.4 Å². The molecule has 0 bridgehead atoms. The van der Waals surface area contributed by atoms with Crippen molar-refractivity contribution < 1.29 is 9.59 Å². The van der Waals surface area contributed by atoms with Crippen molar-refractivity contribution in [2.24, 2.45) is 11.7 Å². The minimum absolute atomic E-state index is 0. The number of nitrogens with zero attached hydrogens (tertiary/aromatic N) is 3. The molecule has 0 aromatic carbocycles. The quantitative estimate of drug-likeness (QED) is 0.770. The SMILES string of the molecule is CN(C)CCN1CC(C(=O)N2CCCCC2CN)CC1=O.Cl.Cl. The zero-order chi connectivity index (χ0) is 15.4. The van der Waals surface area contributed by atoms with Gasteiger partial charge in [0.1, 0.15) is 0 Å². The first-order valence-corrected chi connectivity index (χ1v) is 7.96. The van der Waals surface area contributed by atoms with Crippen molar-refractivity contribution in [2.75, 3.05) is 46.8 Å². The fourth-order valence-corrected chi connectivity index (χ4v) is 3.24. The Hall–Kier alpha value is -0.560. The minimum atomic E-state index is -0.174. The second kappa shape index (κ2) is 10.3. The van der Waals surface area contributed by atoms with E-state index in [1.54, 1.807) is 0 Å². The van der Waals surface area contributed by atoms with Crippen molar-refractivity contribution >= 4 is 36.6 Å². The number of hydrogen-bond acceptors (Lipinski definition) is 4. The molecule has 2 unspecified atom stereocenters. The smallest absolute Gasteiger partial charge is 0.228 e.